The lowest BCUT2D eigenvalue weighted by Crippen LogP contribution is -2.42. The average Bonchev–Trinajstić information content (AvgIpc) is 2.77. The molecule has 0 saturated carbocycles. The van der Waals surface area contributed by atoms with Gasteiger partial charge < -0.3 is 14.6 Å². The molecule has 0 saturated heterocycles. The van der Waals surface area contributed by atoms with Crippen LogP contribution in [0.2, 0.25) is 0 Å². The molecule has 0 bridgehead atoms. The van der Waals surface area contributed by atoms with E-state index >= 15 is 0 Å². The minimum Gasteiger partial charge on any atom is -0.507 e. The quantitative estimate of drug-likeness (QED) is 0.392. The van der Waals surface area contributed by atoms with Crippen molar-refractivity contribution in [1.29, 1.82) is 0 Å². The molecule has 35 heavy (non-hydrogen) atoms. The van der Waals surface area contributed by atoms with E-state index in [2.05, 4.69) is 90.1 Å². The fourth-order valence-electron chi connectivity index (χ4n) is 5.52. The zero-order valence-corrected chi connectivity index (χ0v) is 21.9. The number of fused-ring (bicyclic) bond motifs is 3. The molecule has 0 aromatic heterocycles. The van der Waals surface area contributed by atoms with Crippen molar-refractivity contribution in [3.05, 3.63) is 99.8 Å². The number of benzene rings is 3. The van der Waals surface area contributed by atoms with Crippen LogP contribution in [0.1, 0.15) is 94.2 Å². The number of rotatable bonds is 1. The second-order valence-electron chi connectivity index (χ2n) is 12.1. The van der Waals surface area contributed by atoms with Crippen molar-refractivity contribution in [2.75, 3.05) is 0 Å². The van der Waals surface area contributed by atoms with E-state index in [0.717, 1.165) is 39.3 Å². The first-order valence-electron chi connectivity index (χ1n) is 12.5. The van der Waals surface area contributed by atoms with Crippen molar-refractivity contribution in [1.82, 2.24) is 0 Å². The van der Waals surface area contributed by atoms with E-state index in [1.165, 1.54) is 5.56 Å². The Morgan fingerprint density at radius 1 is 0.829 bits per heavy atom. The predicted octanol–water partition coefficient (Wildman–Crippen LogP) is 8.15. The van der Waals surface area contributed by atoms with Gasteiger partial charge in [-0.05, 0) is 52.1 Å². The van der Waals surface area contributed by atoms with Gasteiger partial charge in [0.15, 0.2) is 0 Å². The summed E-state index contributed by atoms with van der Waals surface area (Å²) < 4.78 is 13.3. The molecule has 0 radical (unpaired) electrons. The first-order valence-corrected chi connectivity index (χ1v) is 12.5. The molecule has 1 spiro atoms. The smallest absolute Gasteiger partial charge is 0.278 e. The molecule has 0 unspecified atom stereocenters. The highest BCUT2D eigenvalue weighted by atomic mass is 16.7. The van der Waals surface area contributed by atoms with E-state index in [1.54, 1.807) is 0 Å². The van der Waals surface area contributed by atoms with Gasteiger partial charge in [-0.3, -0.25) is 0 Å². The topological polar surface area (TPSA) is 38.7 Å². The number of ether oxygens (including phenoxy) is 2. The summed E-state index contributed by atoms with van der Waals surface area (Å²) in [4.78, 5) is 0. The van der Waals surface area contributed by atoms with Crippen LogP contribution in [0.15, 0.2) is 66.4 Å². The number of hydrogen-bond acceptors (Lipinski definition) is 3. The SMILES string of the molecule is CC1=Cc2ccccc2[C@@]2(C[C@H](c3cc(C(C)(C)C)c(O)c(C(C)(C)C)c3)c3ccccc3O2)O1. The highest BCUT2D eigenvalue weighted by molar-refractivity contribution is 5.60. The van der Waals surface area contributed by atoms with Crippen LogP contribution in [0, 0.1) is 0 Å². The normalized spacial score (nSPS) is 21.5. The molecule has 0 fully saturated rings. The maximum absolute atomic E-state index is 11.3. The molecule has 5 rings (SSSR count). The van der Waals surface area contributed by atoms with E-state index in [9.17, 15) is 5.11 Å². The Morgan fingerprint density at radius 3 is 2.09 bits per heavy atom. The molecule has 2 aliphatic heterocycles. The van der Waals surface area contributed by atoms with Crippen molar-refractivity contribution in [2.24, 2.45) is 0 Å². The Hall–Kier alpha value is -3.20. The fourth-order valence-corrected chi connectivity index (χ4v) is 5.52. The third-order valence-corrected chi connectivity index (χ3v) is 7.25. The Labute approximate surface area is 209 Å². The third kappa shape index (κ3) is 4.01. The lowest BCUT2D eigenvalue weighted by atomic mass is 9.74. The van der Waals surface area contributed by atoms with Gasteiger partial charge in [0.25, 0.3) is 5.79 Å². The van der Waals surface area contributed by atoms with Crippen LogP contribution in [-0.4, -0.2) is 5.11 Å². The predicted molar refractivity (Wildman–Crippen MR) is 142 cm³/mol. The zero-order chi connectivity index (χ0) is 25.2. The van der Waals surface area contributed by atoms with Crippen LogP contribution in [0.5, 0.6) is 11.5 Å². The summed E-state index contributed by atoms with van der Waals surface area (Å²) in [5, 5.41) is 11.3. The lowest BCUT2D eigenvalue weighted by molar-refractivity contribution is -0.180. The summed E-state index contributed by atoms with van der Waals surface area (Å²) in [6.07, 6.45) is 2.72. The molecular formula is C32H36O3. The van der Waals surface area contributed by atoms with Crippen molar-refractivity contribution in [3.63, 3.8) is 0 Å². The molecule has 3 aromatic rings. The minimum absolute atomic E-state index is 0.0432. The highest BCUT2D eigenvalue weighted by Crippen LogP contribution is 2.53. The van der Waals surface area contributed by atoms with Crippen LogP contribution in [0.25, 0.3) is 6.08 Å². The molecule has 3 nitrogen and oxygen atoms in total. The number of phenols is 1. The van der Waals surface area contributed by atoms with Gasteiger partial charge in [0.05, 0.1) is 5.76 Å². The van der Waals surface area contributed by atoms with Crippen molar-refractivity contribution in [2.45, 2.75) is 77.4 Å². The van der Waals surface area contributed by atoms with Gasteiger partial charge >= 0.3 is 0 Å². The van der Waals surface area contributed by atoms with E-state index in [0.29, 0.717) is 12.2 Å². The monoisotopic (exact) mass is 468 g/mol. The Morgan fingerprint density at radius 2 is 1.43 bits per heavy atom. The fraction of sp³-hybridized carbons (Fsp3) is 0.375. The van der Waals surface area contributed by atoms with Crippen LogP contribution >= 0.6 is 0 Å². The van der Waals surface area contributed by atoms with Crippen LogP contribution in [-0.2, 0) is 21.4 Å². The Bertz CT molecular complexity index is 1280. The zero-order valence-electron chi connectivity index (χ0n) is 21.9. The van der Waals surface area contributed by atoms with E-state index in [-0.39, 0.29) is 16.7 Å². The van der Waals surface area contributed by atoms with Gasteiger partial charge in [-0.15, -0.1) is 0 Å². The average molecular weight is 469 g/mol. The van der Waals surface area contributed by atoms with Gasteiger partial charge in [-0.25, -0.2) is 0 Å². The summed E-state index contributed by atoms with van der Waals surface area (Å²) in [5.41, 5.74) is 6.06. The first-order chi connectivity index (χ1) is 16.4. The number of para-hydroxylation sites is 1. The first kappa shape index (κ1) is 23.5. The van der Waals surface area contributed by atoms with Gasteiger partial charge in [-0.2, -0.15) is 0 Å². The third-order valence-electron chi connectivity index (χ3n) is 7.25. The minimum atomic E-state index is -0.907. The maximum atomic E-state index is 11.3. The van der Waals surface area contributed by atoms with Gasteiger partial charge in [0.2, 0.25) is 0 Å². The van der Waals surface area contributed by atoms with E-state index < -0.39 is 5.79 Å². The maximum Gasteiger partial charge on any atom is 0.278 e. The number of allylic oxidation sites excluding steroid dienone is 1. The Balaban J connectivity index is 1.75. The summed E-state index contributed by atoms with van der Waals surface area (Å²) >= 11 is 0. The second-order valence-corrected chi connectivity index (χ2v) is 12.1. The van der Waals surface area contributed by atoms with Crippen LogP contribution in [0.3, 0.4) is 0 Å². The summed E-state index contributed by atoms with van der Waals surface area (Å²) in [6, 6.07) is 21.0. The summed E-state index contributed by atoms with van der Waals surface area (Å²) in [7, 11) is 0. The number of phenolic OH excluding ortho intramolecular Hbond substituents is 1. The number of aromatic hydroxyl groups is 1. The van der Waals surface area contributed by atoms with Crippen molar-refractivity contribution < 1.29 is 14.6 Å². The molecule has 3 aromatic carbocycles. The van der Waals surface area contributed by atoms with E-state index in [4.69, 9.17) is 9.47 Å². The number of hydrogen-bond donors (Lipinski definition) is 1. The Kier molecular flexibility index (Phi) is 5.32. The van der Waals surface area contributed by atoms with E-state index in [1.807, 2.05) is 25.1 Å². The molecule has 1 N–H and O–H groups in total. The standard InChI is InChI=1S/C32H36O3/c1-20-16-21-12-8-10-14-25(21)32(34-20)19-24(23-13-9-11-15-28(23)35-32)22-17-26(30(2,3)4)29(33)27(18-22)31(5,6)7/h8-18,24,33H,19H2,1-7H3/t24-,32+/m1/s1. The van der Waals surface area contributed by atoms with Gasteiger partial charge in [0, 0.05) is 23.5 Å². The molecule has 182 valence electrons. The molecule has 2 heterocycles. The molecular weight excluding hydrogens is 432 g/mol. The largest absolute Gasteiger partial charge is 0.507 e. The van der Waals surface area contributed by atoms with Crippen molar-refractivity contribution in [3.8, 4) is 11.5 Å². The van der Waals surface area contributed by atoms with Crippen LogP contribution in [0.4, 0.5) is 0 Å². The van der Waals surface area contributed by atoms with Gasteiger partial charge in [0.1, 0.15) is 11.5 Å². The molecule has 3 heteroatoms. The highest BCUT2D eigenvalue weighted by Gasteiger charge is 2.48. The van der Waals surface area contributed by atoms with Crippen LogP contribution < -0.4 is 4.74 Å². The molecule has 2 aliphatic rings. The second kappa shape index (κ2) is 7.91. The molecule has 0 amide bonds. The van der Waals surface area contributed by atoms with Gasteiger partial charge in [-0.1, -0.05) is 96.1 Å². The summed E-state index contributed by atoms with van der Waals surface area (Å²) in [6.45, 7) is 14.9. The molecule has 0 aliphatic carbocycles. The van der Waals surface area contributed by atoms with Crippen molar-refractivity contribution >= 4 is 6.08 Å². The molecule has 2 atom stereocenters. The lowest BCUT2D eigenvalue weighted by Gasteiger charge is -2.45. The summed E-state index contributed by atoms with van der Waals surface area (Å²) in [5.74, 6) is 1.23.